The molecule has 4 rings (SSSR count). The van der Waals surface area contributed by atoms with E-state index in [1.165, 1.54) is 0 Å². The first-order valence-corrected chi connectivity index (χ1v) is 8.99. The van der Waals surface area contributed by atoms with Gasteiger partial charge in [0, 0.05) is 19.6 Å². The molecule has 3 aliphatic heterocycles. The highest BCUT2D eigenvalue weighted by atomic mass is 16.6. The molecule has 0 radical (unpaired) electrons. The van der Waals surface area contributed by atoms with Crippen LogP contribution in [0.5, 0.6) is 0 Å². The zero-order valence-electron chi connectivity index (χ0n) is 15.5. The van der Waals surface area contributed by atoms with E-state index in [1.54, 1.807) is 0 Å². The molecule has 0 bridgehead atoms. The maximum Gasteiger partial charge on any atom is 0.407 e. The largest absolute Gasteiger partial charge is 0.443 e. The van der Waals surface area contributed by atoms with Crippen LogP contribution < -0.4 is 21.9 Å². The number of aryl methyl sites for hydroxylation is 2. The topological polar surface area (TPSA) is 131 Å². The number of alkyl carbamates (subject to hydrolysis) is 1. The zero-order chi connectivity index (χ0) is 19.8. The van der Waals surface area contributed by atoms with Crippen molar-refractivity contribution in [3.05, 3.63) is 44.1 Å². The first-order valence-electron chi connectivity index (χ1n) is 8.99. The molecule has 0 saturated carbocycles. The van der Waals surface area contributed by atoms with Crippen LogP contribution in [-0.4, -0.2) is 51.4 Å². The van der Waals surface area contributed by atoms with Crippen molar-refractivity contribution in [3.8, 4) is 11.5 Å². The average Bonchev–Trinajstić information content (AvgIpc) is 3.05. The van der Waals surface area contributed by atoms with Gasteiger partial charge in [0.25, 0.3) is 5.56 Å². The Bertz CT molecular complexity index is 1150. The lowest BCUT2D eigenvalue weighted by molar-refractivity contribution is 0.139. The molecule has 0 aliphatic carbocycles. The Kier molecular flexibility index (Phi) is 4.55. The van der Waals surface area contributed by atoms with E-state index < -0.39 is 17.3 Å². The summed E-state index contributed by atoms with van der Waals surface area (Å²) in [5, 5.41) is 5.83. The molecule has 0 aromatic heterocycles. The Morgan fingerprint density at radius 2 is 2.00 bits per heavy atom. The Balaban J connectivity index is 1.69. The Labute approximate surface area is 159 Å². The monoisotopic (exact) mass is 384 g/mol. The van der Waals surface area contributed by atoms with Gasteiger partial charge < -0.3 is 19.9 Å². The SMILES string of the molecule is Cc1cc2nc3c(=O)[nH]c(=O)nc-3n(CCNCC3CNC(=O)O3)c2cc1C. The van der Waals surface area contributed by atoms with Gasteiger partial charge in [-0.05, 0) is 37.1 Å². The fraction of sp³-hybridized carbons (Fsp3) is 0.389. The summed E-state index contributed by atoms with van der Waals surface area (Å²) < 4.78 is 6.91. The molecule has 3 heterocycles. The van der Waals surface area contributed by atoms with Gasteiger partial charge in [0.05, 0.1) is 17.6 Å². The van der Waals surface area contributed by atoms with Crippen LogP contribution in [0, 0.1) is 13.8 Å². The number of amides is 1. The highest BCUT2D eigenvalue weighted by Crippen LogP contribution is 2.23. The predicted octanol–water partition coefficient (Wildman–Crippen LogP) is -0.101. The molecule has 1 unspecified atom stereocenters. The number of nitrogens with zero attached hydrogens (tertiary/aromatic N) is 3. The lowest BCUT2D eigenvalue weighted by atomic mass is 10.1. The molecule has 1 amide bonds. The fourth-order valence-corrected chi connectivity index (χ4v) is 3.28. The molecule has 1 aromatic rings. The summed E-state index contributed by atoms with van der Waals surface area (Å²) in [6.45, 7) is 5.93. The molecule has 1 saturated heterocycles. The van der Waals surface area contributed by atoms with Gasteiger partial charge in [-0.2, -0.15) is 4.98 Å². The van der Waals surface area contributed by atoms with Gasteiger partial charge in [0.2, 0.25) is 0 Å². The van der Waals surface area contributed by atoms with Crippen LogP contribution in [0.25, 0.3) is 22.6 Å². The van der Waals surface area contributed by atoms with E-state index in [9.17, 15) is 14.4 Å². The van der Waals surface area contributed by atoms with Crippen LogP contribution in [0.2, 0.25) is 0 Å². The Hall–Kier alpha value is -3.27. The summed E-state index contributed by atoms with van der Waals surface area (Å²) in [6, 6.07) is 3.90. The van der Waals surface area contributed by atoms with Crippen molar-refractivity contribution in [2.24, 2.45) is 0 Å². The number of H-pyrrole nitrogens is 1. The highest BCUT2D eigenvalue weighted by Gasteiger charge is 2.22. The van der Waals surface area contributed by atoms with Crippen molar-refractivity contribution in [2.45, 2.75) is 26.5 Å². The Morgan fingerprint density at radius 1 is 1.21 bits per heavy atom. The summed E-state index contributed by atoms with van der Waals surface area (Å²) in [5.74, 6) is 0.250. The summed E-state index contributed by atoms with van der Waals surface area (Å²) in [5.41, 5.74) is 2.47. The van der Waals surface area contributed by atoms with E-state index >= 15 is 0 Å². The summed E-state index contributed by atoms with van der Waals surface area (Å²) >= 11 is 0. The van der Waals surface area contributed by atoms with Crippen LogP contribution in [0.1, 0.15) is 11.1 Å². The third-order valence-electron chi connectivity index (χ3n) is 4.86. The number of aromatic amines is 1. The van der Waals surface area contributed by atoms with Crippen molar-refractivity contribution in [1.82, 2.24) is 30.2 Å². The number of ether oxygens (including phenoxy) is 1. The number of nitrogens with one attached hydrogen (secondary N) is 3. The summed E-state index contributed by atoms with van der Waals surface area (Å²) in [4.78, 5) is 45.7. The predicted molar refractivity (Wildman–Crippen MR) is 102 cm³/mol. The first-order chi connectivity index (χ1) is 13.4. The third-order valence-corrected chi connectivity index (χ3v) is 4.86. The number of fused-ring (bicyclic) bond motifs is 2. The number of cyclic esters (lactones) is 1. The lowest BCUT2D eigenvalue weighted by Gasteiger charge is -2.18. The van der Waals surface area contributed by atoms with Crippen LogP contribution >= 0.6 is 0 Å². The molecule has 1 atom stereocenters. The van der Waals surface area contributed by atoms with Gasteiger partial charge in [-0.1, -0.05) is 0 Å². The van der Waals surface area contributed by atoms with Gasteiger partial charge >= 0.3 is 11.8 Å². The molecular formula is C18H20N6O4. The second-order valence-electron chi connectivity index (χ2n) is 6.84. The maximum absolute atomic E-state index is 12.2. The molecule has 3 N–H and O–H groups in total. The van der Waals surface area contributed by atoms with E-state index in [2.05, 4.69) is 25.6 Å². The normalized spacial score (nSPS) is 16.5. The quantitative estimate of drug-likeness (QED) is 0.413. The van der Waals surface area contributed by atoms with Gasteiger partial charge in [-0.15, -0.1) is 0 Å². The van der Waals surface area contributed by atoms with Crippen molar-refractivity contribution in [1.29, 1.82) is 0 Å². The Morgan fingerprint density at radius 3 is 2.75 bits per heavy atom. The van der Waals surface area contributed by atoms with Crippen molar-refractivity contribution >= 4 is 17.1 Å². The van der Waals surface area contributed by atoms with Gasteiger partial charge in [0.15, 0.2) is 11.5 Å². The van der Waals surface area contributed by atoms with Gasteiger partial charge in [0.1, 0.15) is 6.10 Å². The molecular weight excluding hydrogens is 364 g/mol. The summed E-state index contributed by atoms with van der Waals surface area (Å²) in [6.07, 6.45) is -0.632. The minimum Gasteiger partial charge on any atom is -0.443 e. The second kappa shape index (κ2) is 7.04. The molecule has 1 fully saturated rings. The van der Waals surface area contributed by atoms with E-state index in [0.29, 0.717) is 31.7 Å². The summed E-state index contributed by atoms with van der Waals surface area (Å²) in [7, 11) is 0. The fourth-order valence-electron chi connectivity index (χ4n) is 3.28. The molecule has 3 aliphatic rings. The molecule has 10 nitrogen and oxygen atoms in total. The molecule has 10 heteroatoms. The van der Waals surface area contributed by atoms with Gasteiger partial charge in [-0.25, -0.2) is 14.6 Å². The average molecular weight is 384 g/mol. The first kappa shape index (κ1) is 18.1. The number of aromatic nitrogens is 4. The third kappa shape index (κ3) is 3.33. The number of carbonyl (C=O) groups excluding carboxylic acids is 1. The second-order valence-corrected chi connectivity index (χ2v) is 6.84. The van der Waals surface area contributed by atoms with E-state index in [0.717, 1.165) is 16.6 Å². The number of carbonyl (C=O) groups is 1. The standard InChI is InChI=1S/C18H20N6O4/c1-9-5-12-13(6-10(9)2)24(4-3-19-7-11-8-20-18(27)28-11)15-14(21-12)16(25)23-17(26)22-15/h5-6,11,19H,3-4,7-8H2,1-2H3,(H,20,27)(H,23,25,26). The van der Waals surface area contributed by atoms with E-state index in [1.807, 2.05) is 30.5 Å². The molecule has 146 valence electrons. The van der Waals surface area contributed by atoms with Crippen molar-refractivity contribution in [2.75, 3.05) is 19.6 Å². The van der Waals surface area contributed by atoms with E-state index in [4.69, 9.17) is 4.74 Å². The van der Waals surface area contributed by atoms with E-state index in [-0.39, 0.29) is 17.6 Å². The lowest BCUT2D eigenvalue weighted by Crippen LogP contribution is -2.33. The van der Waals surface area contributed by atoms with Gasteiger partial charge in [-0.3, -0.25) is 9.78 Å². The smallest absolute Gasteiger partial charge is 0.407 e. The number of rotatable bonds is 5. The molecule has 1 aromatic carbocycles. The maximum atomic E-state index is 12.2. The molecule has 0 spiro atoms. The van der Waals surface area contributed by atoms with Crippen molar-refractivity contribution < 1.29 is 9.53 Å². The van der Waals surface area contributed by atoms with Crippen LogP contribution in [0.4, 0.5) is 4.79 Å². The van der Waals surface area contributed by atoms with Crippen molar-refractivity contribution in [3.63, 3.8) is 0 Å². The minimum atomic E-state index is -0.701. The van der Waals surface area contributed by atoms with Crippen LogP contribution in [0.3, 0.4) is 0 Å². The highest BCUT2D eigenvalue weighted by molar-refractivity contribution is 5.81. The number of hydrogen-bond acceptors (Lipinski definition) is 7. The number of hydrogen-bond donors (Lipinski definition) is 3. The van der Waals surface area contributed by atoms with Crippen LogP contribution in [0.15, 0.2) is 21.7 Å². The van der Waals surface area contributed by atoms with Crippen LogP contribution in [-0.2, 0) is 11.3 Å². The molecule has 28 heavy (non-hydrogen) atoms. The number of benzene rings is 1. The minimum absolute atomic E-state index is 0.129. The zero-order valence-corrected chi connectivity index (χ0v) is 15.5.